The molecule has 2 nitrogen and oxygen atoms in total. The minimum Gasteiger partial charge on any atom is -0.366 e. The highest BCUT2D eigenvalue weighted by Crippen LogP contribution is 2.33. The summed E-state index contributed by atoms with van der Waals surface area (Å²) in [6.45, 7) is 4.20. The Balaban J connectivity index is 1.76. The van der Waals surface area contributed by atoms with Crippen molar-refractivity contribution in [3.8, 4) is 0 Å². The first-order valence-electron chi connectivity index (χ1n) is 8.65. The molecule has 23 heavy (non-hydrogen) atoms. The molecule has 0 spiro atoms. The van der Waals surface area contributed by atoms with Crippen LogP contribution in [0.2, 0.25) is 0 Å². The quantitative estimate of drug-likeness (QED) is 0.781. The van der Waals surface area contributed by atoms with E-state index in [1.165, 1.54) is 30.5 Å². The summed E-state index contributed by atoms with van der Waals surface area (Å²) in [7, 11) is 2.23. The zero-order valence-corrected chi connectivity index (χ0v) is 14.2. The zero-order chi connectivity index (χ0) is 16.1. The summed E-state index contributed by atoms with van der Waals surface area (Å²) in [5.41, 5.74) is 2.04. The molecule has 1 fully saturated rings. The predicted molar refractivity (Wildman–Crippen MR) is 95.6 cm³/mol. The highest BCUT2D eigenvalue weighted by Gasteiger charge is 2.30. The van der Waals surface area contributed by atoms with Gasteiger partial charge in [0.15, 0.2) is 0 Å². The van der Waals surface area contributed by atoms with E-state index in [9.17, 15) is 0 Å². The van der Waals surface area contributed by atoms with Gasteiger partial charge in [-0.2, -0.15) is 0 Å². The molecule has 2 aromatic carbocycles. The fourth-order valence-corrected chi connectivity index (χ4v) is 3.59. The number of hydrogen-bond acceptors (Lipinski definition) is 2. The third kappa shape index (κ3) is 3.65. The number of rotatable bonds is 6. The van der Waals surface area contributed by atoms with Crippen LogP contribution in [-0.2, 0) is 10.3 Å². The predicted octanol–water partition coefficient (Wildman–Crippen LogP) is 4.45. The second kappa shape index (κ2) is 7.29. The van der Waals surface area contributed by atoms with Crippen LogP contribution in [0.25, 0.3) is 0 Å². The molecule has 1 heterocycles. The van der Waals surface area contributed by atoms with Gasteiger partial charge < -0.3 is 9.64 Å². The number of nitrogens with zero attached hydrogens (tertiary/aromatic N) is 1. The van der Waals surface area contributed by atoms with E-state index in [1.807, 2.05) is 0 Å². The van der Waals surface area contributed by atoms with E-state index < -0.39 is 0 Å². The molecule has 0 bridgehead atoms. The average molecular weight is 309 g/mol. The van der Waals surface area contributed by atoms with Crippen LogP contribution in [0.15, 0.2) is 60.7 Å². The Morgan fingerprint density at radius 1 is 1.00 bits per heavy atom. The molecule has 0 aromatic heterocycles. The molecule has 3 rings (SSSR count). The summed E-state index contributed by atoms with van der Waals surface area (Å²) in [5, 5.41) is 0. The van der Waals surface area contributed by atoms with Crippen molar-refractivity contribution in [2.75, 3.05) is 20.2 Å². The van der Waals surface area contributed by atoms with Crippen LogP contribution in [0.3, 0.4) is 0 Å². The Hall–Kier alpha value is -1.64. The first-order chi connectivity index (χ1) is 11.2. The van der Waals surface area contributed by atoms with Crippen LogP contribution < -0.4 is 0 Å². The van der Waals surface area contributed by atoms with Crippen molar-refractivity contribution < 1.29 is 4.74 Å². The van der Waals surface area contributed by atoms with Crippen LogP contribution in [0.1, 0.15) is 37.3 Å². The SMILES string of the molecule is CN1CCC[C@@H]1CCOC(C)(c1ccccc1)c1ccccc1. The minimum atomic E-state index is -0.389. The van der Waals surface area contributed by atoms with Gasteiger partial charge in [0.25, 0.3) is 0 Å². The van der Waals surface area contributed by atoms with Gasteiger partial charge in [-0.05, 0) is 50.9 Å². The van der Waals surface area contributed by atoms with Crippen molar-refractivity contribution in [1.82, 2.24) is 4.90 Å². The molecular weight excluding hydrogens is 282 g/mol. The first-order valence-corrected chi connectivity index (χ1v) is 8.65. The summed E-state index contributed by atoms with van der Waals surface area (Å²) in [4.78, 5) is 2.46. The van der Waals surface area contributed by atoms with Crippen LogP contribution in [0, 0.1) is 0 Å². The topological polar surface area (TPSA) is 12.5 Å². The van der Waals surface area contributed by atoms with Gasteiger partial charge in [-0.15, -0.1) is 0 Å². The smallest absolute Gasteiger partial charge is 0.115 e. The molecule has 0 amide bonds. The molecule has 0 unspecified atom stereocenters. The summed E-state index contributed by atoms with van der Waals surface area (Å²) in [6.07, 6.45) is 3.72. The fraction of sp³-hybridized carbons (Fsp3) is 0.429. The standard InChI is InChI=1S/C21H27NO/c1-21(18-10-5-3-6-11-18,19-12-7-4-8-13-19)23-17-15-20-14-9-16-22(20)2/h3-8,10-13,20H,9,14-17H2,1-2H3/t20-/m1/s1. The lowest BCUT2D eigenvalue weighted by Gasteiger charge is -2.32. The van der Waals surface area contributed by atoms with E-state index >= 15 is 0 Å². The monoisotopic (exact) mass is 309 g/mol. The third-order valence-electron chi connectivity index (χ3n) is 5.16. The van der Waals surface area contributed by atoms with Crippen LogP contribution in [0.4, 0.5) is 0 Å². The summed E-state index contributed by atoms with van der Waals surface area (Å²) >= 11 is 0. The molecule has 1 atom stereocenters. The molecule has 0 aliphatic carbocycles. The zero-order valence-electron chi connectivity index (χ0n) is 14.2. The first kappa shape index (κ1) is 16.2. The molecule has 2 heteroatoms. The maximum absolute atomic E-state index is 6.49. The lowest BCUT2D eigenvalue weighted by molar-refractivity contribution is -0.0117. The molecule has 1 saturated heterocycles. The molecule has 0 radical (unpaired) electrons. The van der Waals surface area contributed by atoms with Crippen LogP contribution in [0.5, 0.6) is 0 Å². The van der Waals surface area contributed by atoms with Gasteiger partial charge >= 0.3 is 0 Å². The number of hydrogen-bond donors (Lipinski definition) is 0. The van der Waals surface area contributed by atoms with Crippen molar-refractivity contribution in [2.45, 2.75) is 37.8 Å². The van der Waals surface area contributed by atoms with Crippen molar-refractivity contribution in [3.63, 3.8) is 0 Å². The van der Waals surface area contributed by atoms with E-state index in [4.69, 9.17) is 4.74 Å². The highest BCUT2D eigenvalue weighted by molar-refractivity contribution is 5.35. The summed E-state index contributed by atoms with van der Waals surface area (Å²) in [5.74, 6) is 0. The van der Waals surface area contributed by atoms with Crippen LogP contribution in [-0.4, -0.2) is 31.1 Å². The van der Waals surface area contributed by atoms with E-state index in [0.717, 1.165) is 13.0 Å². The maximum atomic E-state index is 6.49. The Morgan fingerprint density at radius 3 is 2.04 bits per heavy atom. The molecule has 2 aromatic rings. The van der Waals surface area contributed by atoms with Crippen molar-refractivity contribution in [1.29, 1.82) is 0 Å². The van der Waals surface area contributed by atoms with E-state index in [1.54, 1.807) is 0 Å². The molecule has 0 N–H and O–H groups in total. The van der Waals surface area contributed by atoms with Gasteiger partial charge in [-0.1, -0.05) is 60.7 Å². The normalized spacial score (nSPS) is 19.1. The van der Waals surface area contributed by atoms with Crippen LogP contribution >= 0.6 is 0 Å². The molecule has 1 aliphatic heterocycles. The van der Waals surface area contributed by atoms with Crippen molar-refractivity contribution in [2.24, 2.45) is 0 Å². The largest absolute Gasteiger partial charge is 0.366 e. The number of likely N-dealkylation sites (tertiary alicyclic amines) is 1. The van der Waals surface area contributed by atoms with Gasteiger partial charge in [0.2, 0.25) is 0 Å². The second-order valence-corrected chi connectivity index (χ2v) is 6.68. The second-order valence-electron chi connectivity index (χ2n) is 6.68. The Morgan fingerprint density at radius 2 is 1.57 bits per heavy atom. The van der Waals surface area contributed by atoms with Crippen molar-refractivity contribution in [3.05, 3.63) is 71.8 Å². The fourth-order valence-electron chi connectivity index (χ4n) is 3.59. The highest BCUT2D eigenvalue weighted by atomic mass is 16.5. The van der Waals surface area contributed by atoms with Gasteiger partial charge in [-0.25, -0.2) is 0 Å². The van der Waals surface area contributed by atoms with E-state index in [0.29, 0.717) is 6.04 Å². The molecular formula is C21H27NO. The number of ether oxygens (including phenoxy) is 1. The van der Waals surface area contributed by atoms with Gasteiger partial charge in [0, 0.05) is 12.6 Å². The molecule has 0 saturated carbocycles. The Kier molecular flexibility index (Phi) is 5.14. The summed E-state index contributed by atoms with van der Waals surface area (Å²) in [6, 6.07) is 21.8. The molecule has 1 aliphatic rings. The third-order valence-corrected chi connectivity index (χ3v) is 5.16. The van der Waals surface area contributed by atoms with Gasteiger partial charge in [0.05, 0.1) is 0 Å². The Bertz CT molecular complexity index is 556. The Labute approximate surface area is 140 Å². The van der Waals surface area contributed by atoms with E-state index in [2.05, 4.69) is 79.5 Å². The average Bonchev–Trinajstić information content (AvgIpc) is 3.01. The maximum Gasteiger partial charge on any atom is 0.115 e. The van der Waals surface area contributed by atoms with E-state index in [-0.39, 0.29) is 5.60 Å². The molecule has 122 valence electrons. The lowest BCUT2D eigenvalue weighted by atomic mass is 9.88. The van der Waals surface area contributed by atoms with Gasteiger partial charge in [0.1, 0.15) is 5.60 Å². The number of benzene rings is 2. The lowest BCUT2D eigenvalue weighted by Crippen LogP contribution is -2.31. The summed E-state index contributed by atoms with van der Waals surface area (Å²) < 4.78 is 6.49. The minimum absolute atomic E-state index is 0.389. The van der Waals surface area contributed by atoms with Crippen molar-refractivity contribution >= 4 is 0 Å². The van der Waals surface area contributed by atoms with Gasteiger partial charge in [-0.3, -0.25) is 0 Å².